The third kappa shape index (κ3) is 4.25. The first-order valence-corrected chi connectivity index (χ1v) is 10.5. The maximum absolute atomic E-state index is 5.26. The number of ether oxygens (including phenoxy) is 1. The predicted octanol–water partition coefficient (Wildman–Crippen LogP) is 4.84. The summed E-state index contributed by atoms with van der Waals surface area (Å²) in [5.74, 6) is 0.838. The van der Waals surface area contributed by atoms with Crippen LogP contribution in [0, 0.1) is 20.8 Å². The van der Waals surface area contributed by atoms with E-state index in [1.54, 1.807) is 7.11 Å². The quantitative estimate of drug-likeness (QED) is 0.469. The van der Waals surface area contributed by atoms with E-state index in [4.69, 9.17) is 4.74 Å². The van der Waals surface area contributed by atoms with Gasteiger partial charge in [-0.25, -0.2) is 9.36 Å². The summed E-state index contributed by atoms with van der Waals surface area (Å²) >= 11 is 0. The maximum atomic E-state index is 5.26. The third-order valence-corrected chi connectivity index (χ3v) is 5.76. The zero-order valence-corrected chi connectivity index (χ0v) is 18.8. The van der Waals surface area contributed by atoms with Gasteiger partial charge in [0.15, 0.2) is 0 Å². The van der Waals surface area contributed by atoms with Gasteiger partial charge in [0.1, 0.15) is 5.75 Å². The fourth-order valence-electron chi connectivity index (χ4n) is 4.02. The predicted molar refractivity (Wildman–Crippen MR) is 123 cm³/mol. The Morgan fingerprint density at radius 2 is 1.84 bits per heavy atom. The molecule has 0 saturated heterocycles. The second-order valence-electron chi connectivity index (χ2n) is 7.93. The first-order valence-electron chi connectivity index (χ1n) is 10.5. The first kappa shape index (κ1) is 20.9. The van der Waals surface area contributed by atoms with Crippen LogP contribution in [0.2, 0.25) is 0 Å². The molecule has 0 unspecified atom stereocenters. The number of rotatable bonds is 7. The molecule has 0 spiro atoms. The standard InChI is InChI=1S/C25H29N5O/c1-17-13-18(2)23(25(14-17)29-12-6-11-27-29)15-26-19(3)24-16-28-30(20(24)4)21-7-9-22(31-5)10-8-21/h6-14,16,19,26H,15H2,1-5H3/t19-/m1/s1. The second kappa shape index (κ2) is 8.78. The Bertz CT molecular complexity index is 1160. The molecule has 0 bridgehead atoms. The van der Waals surface area contributed by atoms with Gasteiger partial charge in [-0.3, -0.25) is 0 Å². The molecule has 2 aromatic heterocycles. The summed E-state index contributed by atoms with van der Waals surface area (Å²) in [5, 5.41) is 12.8. The molecule has 2 aromatic carbocycles. The van der Waals surface area contributed by atoms with Crippen molar-refractivity contribution in [3.05, 3.63) is 89.0 Å². The molecule has 0 aliphatic rings. The van der Waals surface area contributed by atoms with Crippen LogP contribution in [-0.4, -0.2) is 26.7 Å². The number of hydrogen-bond donors (Lipinski definition) is 1. The van der Waals surface area contributed by atoms with E-state index < -0.39 is 0 Å². The van der Waals surface area contributed by atoms with E-state index >= 15 is 0 Å². The van der Waals surface area contributed by atoms with Crippen molar-refractivity contribution in [2.24, 2.45) is 0 Å². The van der Waals surface area contributed by atoms with Crippen LogP contribution < -0.4 is 10.1 Å². The van der Waals surface area contributed by atoms with E-state index in [0.29, 0.717) is 0 Å². The molecule has 4 aromatic rings. The minimum atomic E-state index is 0.151. The fraction of sp³-hybridized carbons (Fsp3) is 0.280. The molecule has 6 nitrogen and oxygen atoms in total. The highest BCUT2D eigenvalue weighted by molar-refractivity contribution is 5.48. The molecule has 1 N–H and O–H groups in total. The lowest BCUT2D eigenvalue weighted by molar-refractivity contribution is 0.414. The lowest BCUT2D eigenvalue weighted by Crippen LogP contribution is -2.20. The summed E-state index contributed by atoms with van der Waals surface area (Å²) in [6, 6.07) is 14.5. The lowest BCUT2D eigenvalue weighted by Gasteiger charge is -2.18. The molecule has 0 fully saturated rings. The molecule has 31 heavy (non-hydrogen) atoms. The van der Waals surface area contributed by atoms with Crippen molar-refractivity contribution in [2.75, 3.05) is 7.11 Å². The van der Waals surface area contributed by atoms with Crippen LogP contribution in [0.4, 0.5) is 0 Å². The van der Waals surface area contributed by atoms with Crippen molar-refractivity contribution in [1.29, 1.82) is 0 Å². The molecule has 0 saturated carbocycles. The highest BCUT2D eigenvalue weighted by Gasteiger charge is 2.16. The number of aryl methyl sites for hydroxylation is 2. The number of hydrogen-bond acceptors (Lipinski definition) is 4. The van der Waals surface area contributed by atoms with E-state index in [2.05, 4.69) is 55.3 Å². The minimum Gasteiger partial charge on any atom is -0.497 e. The van der Waals surface area contributed by atoms with Crippen LogP contribution in [0.3, 0.4) is 0 Å². The van der Waals surface area contributed by atoms with Crippen molar-refractivity contribution in [3.63, 3.8) is 0 Å². The Hall–Kier alpha value is -3.38. The molecule has 160 valence electrons. The maximum Gasteiger partial charge on any atom is 0.119 e. The first-order chi connectivity index (χ1) is 15.0. The molecular weight excluding hydrogens is 386 g/mol. The number of methoxy groups -OCH3 is 1. The van der Waals surface area contributed by atoms with Gasteiger partial charge in [0, 0.05) is 36.2 Å². The second-order valence-corrected chi connectivity index (χ2v) is 7.93. The molecule has 0 aliphatic heterocycles. The Balaban J connectivity index is 1.55. The average Bonchev–Trinajstić information content (AvgIpc) is 3.42. The molecular formula is C25H29N5O. The van der Waals surface area contributed by atoms with Gasteiger partial charge in [-0.2, -0.15) is 10.2 Å². The van der Waals surface area contributed by atoms with Crippen molar-refractivity contribution >= 4 is 0 Å². The molecule has 0 amide bonds. The Morgan fingerprint density at radius 1 is 1.06 bits per heavy atom. The van der Waals surface area contributed by atoms with Crippen LogP contribution >= 0.6 is 0 Å². The topological polar surface area (TPSA) is 56.9 Å². The SMILES string of the molecule is COc1ccc(-n2ncc([C@@H](C)NCc3c(C)cc(C)cc3-n3cccn3)c2C)cc1. The van der Waals surface area contributed by atoms with Crippen molar-refractivity contribution < 1.29 is 4.74 Å². The van der Waals surface area contributed by atoms with Gasteiger partial charge in [0.05, 0.1) is 24.7 Å². The Kier molecular flexibility index (Phi) is 5.91. The van der Waals surface area contributed by atoms with E-state index in [-0.39, 0.29) is 6.04 Å². The number of nitrogens with zero attached hydrogens (tertiary/aromatic N) is 4. The number of aromatic nitrogens is 4. The largest absolute Gasteiger partial charge is 0.497 e. The molecule has 0 radical (unpaired) electrons. The molecule has 1 atom stereocenters. The summed E-state index contributed by atoms with van der Waals surface area (Å²) in [4.78, 5) is 0. The van der Waals surface area contributed by atoms with Crippen molar-refractivity contribution in [1.82, 2.24) is 24.9 Å². The van der Waals surface area contributed by atoms with Gasteiger partial charge in [-0.05, 0) is 80.8 Å². The zero-order valence-electron chi connectivity index (χ0n) is 18.8. The molecule has 6 heteroatoms. The van der Waals surface area contributed by atoms with E-state index in [1.807, 2.05) is 58.3 Å². The summed E-state index contributed by atoms with van der Waals surface area (Å²) < 4.78 is 9.17. The number of benzene rings is 2. The monoisotopic (exact) mass is 415 g/mol. The normalized spacial score (nSPS) is 12.2. The summed E-state index contributed by atoms with van der Waals surface area (Å²) in [5.41, 5.74) is 8.19. The lowest BCUT2D eigenvalue weighted by atomic mass is 10.0. The van der Waals surface area contributed by atoms with Gasteiger partial charge < -0.3 is 10.1 Å². The Morgan fingerprint density at radius 3 is 2.52 bits per heavy atom. The van der Waals surface area contributed by atoms with Gasteiger partial charge in [-0.1, -0.05) is 6.07 Å². The van der Waals surface area contributed by atoms with Gasteiger partial charge in [-0.15, -0.1) is 0 Å². The summed E-state index contributed by atoms with van der Waals surface area (Å²) in [7, 11) is 1.67. The molecule has 0 aliphatic carbocycles. The zero-order chi connectivity index (χ0) is 22.0. The minimum absolute atomic E-state index is 0.151. The van der Waals surface area contributed by atoms with E-state index in [9.17, 15) is 0 Å². The van der Waals surface area contributed by atoms with E-state index in [0.717, 1.165) is 29.4 Å². The smallest absolute Gasteiger partial charge is 0.119 e. The average molecular weight is 416 g/mol. The van der Waals surface area contributed by atoms with Crippen molar-refractivity contribution in [3.8, 4) is 17.1 Å². The third-order valence-electron chi connectivity index (χ3n) is 5.76. The van der Waals surface area contributed by atoms with Crippen LogP contribution in [0.25, 0.3) is 11.4 Å². The molecule has 4 rings (SSSR count). The Labute approximate surface area is 183 Å². The highest BCUT2D eigenvalue weighted by atomic mass is 16.5. The highest BCUT2D eigenvalue weighted by Crippen LogP contribution is 2.24. The summed E-state index contributed by atoms with van der Waals surface area (Å²) in [6.45, 7) is 9.32. The molecule has 2 heterocycles. The van der Waals surface area contributed by atoms with Gasteiger partial charge in [0.2, 0.25) is 0 Å². The van der Waals surface area contributed by atoms with E-state index in [1.165, 1.54) is 22.3 Å². The number of nitrogens with one attached hydrogen (secondary N) is 1. The van der Waals surface area contributed by atoms with Crippen LogP contribution in [0.5, 0.6) is 5.75 Å². The van der Waals surface area contributed by atoms with Crippen LogP contribution in [0.1, 0.15) is 40.9 Å². The summed E-state index contributed by atoms with van der Waals surface area (Å²) in [6.07, 6.45) is 5.76. The van der Waals surface area contributed by atoms with Crippen LogP contribution in [-0.2, 0) is 6.54 Å². The van der Waals surface area contributed by atoms with Gasteiger partial charge in [0.25, 0.3) is 0 Å². The van der Waals surface area contributed by atoms with Gasteiger partial charge >= 0.3 is 0 Å². The van der Waals surface area contributed by atoms with Crippen molar-refractivity contribution in [2.45, 2.75) is 40.3 Å². The fourth-order valence-corrected chi connectivity index (χ4v) is 4.02. The van der Waals surface area contributed by atoms with Crippen LogP contribution in [0.15, 0.2) is 61.1 Å².